The van der Waals surface area contributed by atoms with Crippen LogP contribution in [-0.4, -0.2) is 46.0 Å². The van der Waals surface area contributed by atoms with E-state index in [0.29, 0.717) is 12.2 Å². The van der Waals surface area contributed by atoms with Crippen molar-refractivity contribution >= 4 is 11.7 Å². The second-order valence-electron chi connectivity index (χ2n) is 8.68. The van der Waals surface area contributed by atoms with Crippen molar-refractivity contribution in [3.8, 4) is 5.75 Å². The van der Waals surface area contributed by atoms with Crippen LogP contribution < -0.4 is 9.64 Å². The molecule has 33 heavy (non-hydrogen) atoms. The number of aryl methyl sites for hydroxylation is 1. The Labute approximate surface area is 194 Å². The van der Waals surface area contributed by atoms with Crippen molar-refractivity contribution in [3.63, 3.8) is 0 Å². The van der Waals surface area contributed by atoms with E-state index in [2.05, 4.69) is 22.9 Å². The van der Waals surface area contributed by atoms with Crippen LogP contribution in [0.1, 0.15) is 58.4 Å². The van der Waals surface area contributed by atoms with E-state index in [0.717, 1.165) is 67.4 Å². The number of methoxy groups -OCH3 is 1. The van der Waals surface area contributed by atoms with Gasteiger partial charge in [0.1, 0.15) is 17.3 Å². The Balaban J connectivity index is 1.47. The van der Waals surface area contributed by atoms with Crippen LogP contribution in [0.2, 0.25) is 0 Å². The van der Waals surface area contributed by atoms with E-state index in [1.807, 2.05) is 35.2 Å². The summed E-state index contributed by atoms with van der Waals surface area (Å²) in [4.78, 5) is 31.6. The van der Waals surface area contributed by atoms with Gasteiger partial charge in [-0.15, -0.1) is 0 Å². The largest absolute Gasteiger partial charge is 0.496 e. The Morgan fingerprint density at radius 1 is 1.09 bits per heavy atom. The third-order valence-corrected chi connectivity index (χ3v) is 6.61. The van der Waals surface area contributed by atoms with Gasteiger partial charge in [0.15, 0.2) is 5.82 Å². The fraction of sp³-hybridized carbons (Fsp3) is 0.385. The Hall–Kier alpha value is -3.48. The molecule has 0 unspecified atom stereocenters. The van der Waals surface area contributed by atoms with Gasteiger partial charge < -0.3 is 14.5 Å². The first-order valence-electron chi connectivity index (χ1n) is 11.6. The molecule has 0 spiro atoms. The maximum atomic E-state index is 13.2. The molecule has 2 aliphatic heterocycles. The molecule has 1 fully saturated rings. The number of anilines is 1. The predicted octanol–water partition coefficient (Wildman–Crippen LogP) is 4.12. The van der Waals surface area contributed by atoms with E-state index in [1.165, 1.54) is 5.56 Å². The quantitative estimate of drug-likeness (QED) is 0.591. The number of ether oxygens (including phenoxy) is 1. The summed E-state index contributed by atoms with van der Waals surface area (Å²) in [5, 5.41) is 0. The number of hydrogen-bond donors (Lipinski definition) is 0. The fourth-order valence-electron chi connectivity index (χ4n) is 4.97. The second kappa shape index (κ2) is 9.17. The lowest BCUT2D eigenvalue weighted by molar-refractivity contribution is 0.0723. The normalized spacial score (nSPS) is 17.7. The van der Waals surface area contributed by atoms with Crippen LogP contribution in [0.25, 0.3) is 0 Å². The molecular weight excluding hydrogens is 414 g/mol. The van der Waals surface area contributed by atoms with E-state index >= 15 is 0 Å². The SMILES string of the molecule is COc1ccccc1CN1CCCc2c(C)nc([C@H]3CCCN3C(=O)c3ccccn3)nc21. The number of fused-ring (bicyclic) bond motifs is 1. The molecule has 0 aliphatic carbocycles. The van der Waals surface area contributed by atoms with Crippen LogP contribution in [0.5, 0.6) is 5.75 Å². The lowest BCUT2D eigenvalue weighted by Crippen LogP contribution is -2.34. The Kier molecular flexibility index (Phi) is 5.94. The molecule has 3 aromatic rings. The topological polar surface area (TPSA) is 71.5 Å². The molecular formula is C26H29N5O2. The Bertz CT molecular complexity index is 1150. The van der Waals surface area contributed by atoms with Gasteiger partial charge in [-0.05, 0) is 50.8 Å². The number of likely N-dealkylation sites (tertiary alicyclic amines) is 1. The highest BCUT2D eigenvalue weighted by atomic mass is 16.5. The zero-order valence-electron chi connectivity index (χ0n) is 19.2. The smallest absolute Gasteiger partial charge is 0.273 e. The Morgan fingerprint density at radius 2 is 1.94 bits per heavy atom. The molecule has 1 atom stereocenters. The molecule has 4 heterocycles. The van der Waals surface area contributed by atoms with Crippen molar-refractivity contribution in [3.05, 3.63) is 77.0 Å². The van der Waals surface area contributed by atoms with Crippen molar-refractivity contribution in [2.45, 2.75) is 45.2 Å². The summed E-state index contributed by atoms with van der Waals surface area (Å²) in [5.74, 6) is 2.56. The first-order valence-corrected chi connectivity index (χ1v) is 11.6. The lowest BCUT2D eigenvalue weighted by Gasteiger charge is -2.32. The van der Waals surface area contributed by atoms with Gasteiger partial charge in [0.25, 0.3) is 5.91 Å². The predicted molar refractivity (Wildman–Crippen MR) is 126 cm³/mol. The number of nitrogens with zero attached hydrogens (tertiary/aromatic N) is 5. The summed E-state index contributed by atoms with van der Waals surface area (Å²) in [5.41, 5.74) is 3.83. The molecule has 5 rings (SSSR count). The highest BCUT2D eigenvalue weighted by Gasteiger charge is 2.34. The van der Waals surface area contributed by atoms with Gasteiger partial charge in [-0.1, -0.05) is 24.3 Å². The highest BCUT2D eigenvalue weighted by molar-refractivity contribution is 5.92. The molecule has 0 radical (unpaired) electrons. The van der Waals surface area contributed by atoms with Crippen LogP contribution in [-0.2, 0) is 13.0 Å². The zero-order valence-corrected chi connectivity index (χ0v) is 19.2. The van der Waals surface area contributed by atoms with E-state index in [4.69, 9.17) is 14.7 Å². The third kappa shape index (κ3) is 4.15. The standard InChI is InChI=1S/C26H29N5O2/c1-18-20-10-7-15-30(17-19-9-3-4-13-23(19)33-2)25(20)29-24(28-18)22-12-8-16-31(22)26(32)21-11-5-6-14-27-21/h3-6,9,11,13-14,22H,7-8,10,12,15-17H2,1-2H3/t22-/m1/s1. The summed E-state index contributed by atoms with van der Waals surface area (Å²) in [6, 6.07) is 13.4. The van der Waals surface area contributed by atoms with Gasteiger partial charge in [-0.25, -0.2) is 9.97 Å². The number of benzene rings is 1. The molecule has 1 amide bonds. The number of rotatable bonds is 5. The number of amides is 1. The van der Waals surface area contributed by atoms with E-state index in [-0.39, 0.29) is 11.9 Å². The van der Waals surface area contributed by atoms with Crippen molar-refractivity contribution in [1.29, 1.82) is 0 Å². The van der Waals surface area contributed by atoms with Crippen LogP contribution >= 0.6 is 0 Å². The minimum Gasteiger partial charge on any atom is -0.496 e. The number of para-hydroxylation sites is 1. The van der Waals surface area contributed by atoms with E-state index < -0.39 is 0 Å². The molecule has 2 aliphatic rings. The van der Waals surface area contributed by atoms with Gasteiger partial charge in [0, 0.05) is 42.7 Å². The maximum Gasteiger partial charge on any atom is 0.273 e. The molecule has 2 aromatic heterocycles. The van der Waals surface area contributed by atoms with Gasteiger partial charge in [-0.3, -0.25) is 9.78 Å². The monoisotopic (exact) mass is 443 g/mol. The van der Waals surface area contributed by atoms with Crippen LogP contribution in [0.3, 0.4) is 0 Å². The van der Waals surface area contributed by atoms with Crippen LogP contribution in [0, 0.1) is 6.92 Å². The molecule has 7 nitrogen and oxygen atoms in total. The number of carbonyl (C=O) groups is 1. The highest BCUT2D eigenvalue weighted by Crippen LogP contribution is 2.35. The number of hydrogen-bond acceptors (Lipinski definition) is 6. The van der Waals surface area contributed by atoms with Gasteiger partial charge in [0.05, 0.1) is 13.2 Å². The van der Waals surface area contributed by atoms with E-state index in [1.54, 1.807) is 19.4 Å². The Morgan fingerprint density at radius 3 is 2.76 bits per heavy atom. The number of carbonyl (C=O) groups excluding carboxylic acids is 1. The summed E-state index contributed by atoms with van der Waals surface area (Å²) in [6.07, 6.45) is 5.51. The van der Waals surface area contributed by atoms with Crippen molar-refractivity contribution in [2.75, 3.05) is 25.1 Å². The zero-order chi connectivity index (χ0) is 22.8. The molecule has 0 bridgehead atoms. The second-order valence-corrected chi connectivity index (χ2v) is 8.68. The molecule has 1 aromatic carbocycles. The fourth-order valence-corrected chi connectivity index (χ4v) is 4.97. The van der Waals surface area contributed by atoms with Crippen molar-refractivity contribution in [2.24, 2.45) is 0 Å². The first-order chi connectivity index (χ1) is 16.2. The number of pyridine rings is 1. The summed E-state index contributed by atoms with van der Waals surface area (Å²) in [7, 11) is 1.71. The van der Waals surface area contributed by atoms with Crippen LogP contribution in [0.15, 0.2) is 48.7 Å². The lowest BCUT2D eigenvalue weighted by atomic mass is 10.0. The van der Waals surface area contributed by atoms with Crippen molar-refractivity contribution in [1.82, 2.24) is 19.9 Å². The average molecular weight is 444 g/mol. The van der Waals surface area contributed by atoms with Gasteiger partial charge >= 0.3 is 0 Å². The molecule has 170 valence electrons. The summed E-state index contributed by atoms with van der Waals surface area (Å²) < 4.78 is 5.58. The molecule has 0 saturated carbocycles. The average Bonchev–Trinajstić information content (AvgIpc) is 3.35. The molecule has 0 N–H and O–H groups in total. The van der Waals surface area contributed by atoms with E-state index in [9.17, 15) is 4.79 Å². The maximum absolute atomic E-state index is 13.2. The van der Waals surface area contributed by atoms with Crippen LogP contribution in [0.4, 0.5) is 5.82 Å². The minimum atomic E-state index is -0.126. The molecule has 7 heteroatoms. The summed E-state index contributed by atoms with van der Waals surface area (Å²) in [6.45, 7) is 4.43. The van der Waals surface area contributed by atoms with Crippen molar-refractivity contribution < 1.29 is 9.53 Å². The number of aromatic nitrogens is 3. The first kappa shape index (κ1) is 21.4. The minimum absolute atomic E-state index is 0.0528. The third-order valence-electron chi connectivity index (χ3n) is 6.61. The van der Waals surface area contributed by atoms with Gasteiger partial charge in [-0.2, -0.15) is 0 Å². The van der Waals surface area contributed by atoms with Gasteiger partial charge in [0.2, 0.25) is 0 Å². The molecule has 1 saturated heterocycles. The summed E-state index contributed by atoms with van der Waals surface area (Å²) >= 11 is 0.